The van der Waals surface area contributed by atoms with Gasteiger partial charge >= 0.3 is 0 Å². The lowest BCUT2D eigenvalue weighted by Gasteiger charge is -2.33. The average Bonchev–Trinajstić information content (AvgIpc) is 3.52. The van der Waals surface area contributed by atoms with Gasteiger partial charge in [-0.1, -0.05) is 59.8 Å². The number of nitro groups is 1. The number of hydrogen-bond acceptors (Lipinski definition) is 7. The number of nitro benzene ring substituents is 1. The SMILES string of the molecule is COc1ccc(Cl)cc1N(CC(=O)N(Cc1ccc(Cl)cc1Cl)C(C)C(=O)NC1CCCC1)S(=O)(=O)c1ccc(C)c([N+](=O)[O-])c1. The zero-order valence-electron chi connectivity index (χ0n) is 25.3. The molecule has 0 heterocycles. The average molecular weight is 712 g/mol. The number of anilines is 1. The predicted molar refractivity (Wildman–Crippen MR) is 177 cm³/mol. The van der Waals surface area contributed by atoms with Gasteiger partial charge in [0.1, 0.15) is 18.3 Å². The van der Waals surface area contributed by atoms with Gasteiger partial charge in [-0.3, -0.25) is 24.0 Å². The maximum atomic E-state index is 14.3. The molecule has 4 rings (SSSR count). The van der Waals surface area contributed by atoms with E-state index >= 15 is 0 Å². The Bertz CT molecular complexity index is 1750. The standard InChI is InChI=1S/C31H33Cl3N4O7S/c1-19-8-12-25(16-27(19)38(41)42)46(43,44)37(28-15-23(33)11-13-29(28)45-3)18-30(39)36(17-21-9-10-22(32)14-26(21)34)20(2)31(40)35-24-6-4-5-7-24/h8-16,20,24H,4-7,17-18H2,1-3H3,(H,35,40). The summed E-state index contributed by atoms with van der Waals surface area (Å²) in [5, 5.41) is 15.4. The first kappa shape index (κ1) is 35.3. The quantitative estimate of drug-likeness (QED) is 0.166. The lowest BCUT2D eigenvalue weighted by atomic mass is 10.1. The summed E-state index contributed by atoms with van der Waals surface area (Å²) >= 11 is 18.8. The summed E-state index contributed by atoms with van der Waals surface area (Å²) in [7, 11) is -3.34. The summed E-state index contributed by atoms with van der Waals surface area (Å²) < 4.78 is 34.7. The van der Waals surface area contributed by atoms with Gasteiger partial charge in [-0.05, 0) is 68.7 Å². The molecule has 15 heteroatoms. The van der Waals surface area contributed by atoms with Crippen LogP contribution in [0.15, 0.2) is 59.5 Å². The minimum absolute atomic E-state index is 0.0315. The Kier molecular flexibility index (Phi) is 11.4. The number of nitrogens with one attached hydrogen (secondary N) is 1. The van der Waals surface area contributed by atoms with E-state index in [-0.39, 0.29) is 39.6 Å². The number of benzene rings is 3. The van der Waals surface area contributed by atoms with Crippen LogP contribution in [0, 0.1) is 17.0 Å². The second-order valence-corrected chi connectivity index (χ2v) is 14.1. The lowest BCUT2D eigenvalue weighted by Crippen LogP contribution is -2.52. The van der Waals surface area contributed by atoms with Crippen molar-refractivity contribution in [2.45, 2.75) is 63.1 Å². The van der Waals surface area contributed by atoms with Gasteiger partial charge in [0, 0.05) is 39.3 Å². The van der Waals surface area contributed by atoms with Gasteiger partial charge in [0.2, 0.25) is 11.8 Å². The number of amides is 2. The molecule has 0 bridgehead atoms. The van der Waals surface area contributed by atoms with Gasteiger partial charge < -0.3 is 15.0 Å². The number of sulfonamides is 1. The Morgan fingerprint density at radius 1 is 1.04 bits per heavy atom. The molecular weight excluding hydrogens is 679 g/mol. The number of aryl methyl sites for hydroxylation is 1. The van der Waals surface area contributed by atoms with Crippen LogP contribution in [-0.4, -0.2) is 55.8 Å². The molecule has 0 aliphatic heterocycles. The third-order valence-electron chi connectivity index (χ3n) is 7.88. The number of hydrogen-bond donors (Lipinski definition) is 1. The Morgan fingerprint density at radius 3 is 2.33 bits per heavy atom. The van der Waals surface area contributed by atoms with E-state index in [2.05, 4.69) is 5.32 Å². The van der Waals surface area contributed by atoms with Crippen molar-refractivity contribution < 1.29 is 27.7 Å². The molecule has 1 aliphatic rings. The fraction of sp³-hybridized carbons (Fsp3) is 0.355. The molecule has 1 N–H and O–H groups in total. The molecule has 0 spiro atoms. The van der Waals surface area contributed by atoms with Gasteiger partial charge in [-0.15, -0.1) is 0 Å². The number of carbonyl (C=O) groups is 2. The summed E-state index contributed by atoms with van der Waals surface area (Å²) in [4.78, 5) is 39.5. The molecule has 3 aromatic carbocycles. The summed E-state index contributed by atoms with van der Waals surface area (Å²) in [6.45, 7) is 2.07. The highest BCUT2D eigenvalue weighted by Crippen LogP contribution is 2.36. The number of methoxy groups -OCH3 is 1. The first-order valence-corrected chi connectivity index (χ1v) is 17.0. The van der Waals surface area contributed by atoms with Crippen LogP contribution in [0.4, 0.5) is 11.4 Å². The van der Waals surface area contributed by atoms with Crippen molar-refractivity contribution in [3.8, 4) is 5.75 Å². The van der Waals surface area contributed by atoms with Crippen LogP contribution in [0.3, 0.4) is 0 Å². The zero-order chi connectivity index (χ0) is 33.8. The van der Waals surface area contributed by atoms with E-state index in [4.69, 9.17) is 39.5 Å². The molecule has 46 heavy (non-hydrogen) atoms. The molecule has 1 saturated carbocycles. The Labute approximate surface area is 282 Å². The highest BCUT2D eigenvalue weighted by molar-refractivity contribution is 7.92. The van der Waals surface area contributed by atoms with E-state index in [0.29, 0.717) is 10.6 Å². The van der Waals surface area contributed by atoms with Crippen LogP contribution in [0.5, 0.6) is 5.75 Å². The zero-order valence-corrected chi connectivity index (χ0v) is 28.4. The maximum absolute atomic E-state index is 14.3. The third-order valence-corrected chi connectivity index (χ3v) is 10.5. The summed E-state index contributed by atoms with van der Waals surface area (Å²) in [6.07, 6.45) is 3.60. The van der Waals surface area contributed by atoms with Crippen molar-refractivity contribution >= 4 is 68.0 Å². The van der Waals surface area contributed by atoms with Crippen LogP contribution in [0.2, 0.25) is 15.1 Å². The van der Waals surface area contributed by atoms with Crippen LogP contribution in [0.1, 0.15) is 43.7 Å². The largest absolute Gasteiger partial charge is 0.495 e. The van der Waals surface area contributed by atoms with Crippen LogP contribution in [-0.2, 0) is 26.2 Å². The first-order valence-electron chi connectivity index (χ1n) is 14.4. The Hall–Kier alpha value is -3.58. The molecule has 11 nitrogen and oxygen atoms in total. The number of rotatable bonds is 12. The molecule has 1 fully saturated rings. The van der Waals surface area contributed by atoms with Crippen LogP contribution >= 0.6 is 34.8 Å². The minimum Gasteiger partial charge on any atom is -0.495 e. The molecular formula is C31H33Cl3N4O7S. The molecule has 0 saturated heterocycles. The second kappa shape index (κ2) is 14.9. The molecule has 2 amide bonds. The van der Waals surface area contributed by atoms with Crippen LogP contribution < -0.4 is 14.4 Å². The van der Waals surface area contributed by atoms with Gasteiger partial charge in [0.25, 0.3) is 15.7 Å². The monoisotopic (exact) mass is 710 g/mol. The fourth-order valence-corrected chi connectivity index (χ4v) is 7.32. The van der Waals surface area contributed by atoms with Gasteiger partial charge in [0.15, 0.2) is 0 Å². The predicted octanol–water partition coefficient (Wildman–Crippen LogP) is 6.54. The maximum Gasteiger partial charge on any atom is 0.273 e. The smallest absolute Gasteiger partial charge is 0.273 e. The fourth-order valence-electron chi connectivity index (χ4n) is 5.25. The van der Waals surface area contributed by atoms with Crippen molar-refractivity contribution in [2.24, 2.45) is 0 Å². The minimum atomic E-state index is -4.66. The Morgan fingerprint density at radius 2 is 1.70 bits per heavy atom. The number of ether oxygens (including phenoxy) is 1. The van der Waals surface area contributed by atoms with Crippen molar-refractivity contribution in [2.75, 3.05) is 18.0 Å². The summed E-state index contributed by atoms with van der Waals surface area (Å²) in [6, 6.07) is 11.3. The van der Waals surface area contributed by atoms with E-state index in [1.807, 2.05) is 0 Å². The van der Waals surface area contributed by atoms with Crippen molar-refractivity contribution in [1.82, 2.24) is 10.2 Å². The van der Waals surface area contributed by atoms with Crippen LogP contribution in [0.25, 0.3) is 0 Å². The summed E-state index contributed by atoms with van der Waals surface area (Å²) in [5.74, 6) is -1.09. The topological polar surface area (TPSA) is 139 Å². The highest BCUT2D eigenvalue weighted by atomic mass is 35.5. The van der Waals surface area contributed by atoms with Gasteiger partial charge in [0.05, 0.1) is 22.6 Å². The second-order valence-electron chi connectivity index (χ2n) is 11.0. The molecule has 246 valence electrons. The first-order chi connectivity index (χ1) is 21.7. The van der Waals surface area contributed by atoms with E-state index in [1.165, 1.54) is 55.3 Å². The molecule has 1 atom stereocenters. The highest BCUT2D eigenvalue weighted by Gasteiger charge is 2.35. The molecule has 1 unspecified atom stereocenters. The molecule has 3 aromatic rings. The van der Waals surface area contributed by atoms with Gasteiger partial charge in [-0.25, -0.2) is 8.42 Å². The number of halogens is 3. The third kappa shape index (κ3) is 8.03. The molecule has 0 radical (unpaired) electrons. The normalized spacial score (nSPS) is 14.0. The van der Waals surface area contributed by atoms with Crippen molar-refractivity contribution in [1.29, 1.82) is 0 Å². The van der Waals surface area contributed by atoms with E-state index < -0.39 is 49.9 Å². The number of nitrogens with zero attached hydrogens (tertiary/aromatic N) is 3. The van der Waals surface area contributed by atoms with Crippen molar-refractivity contribution in [3.05, 3.63) is 90.9 Å². The van der Waals surface area contributed by atoms with E-state index in [1.54, 1.807) is 19.1 Å². The summed E-state index contributed by atoms with van der Waals surface area (Å²) in [5.41, 5.74) is 0.226. The number of carbonyl (C=O) groups excluding carboxylic acids is 2. The van der Waals surface area contributed by atoms with Gasteiger partial charge in [-0.2, -0.15) is 0 Å². The van der Waals surface area contributed by atoms with Crippen molar-refractivity contribution in [3.63, 3.8) is 0 Å². The van der Waals surface area contributed by atoms with E-state index in [0.717, 1.165) is 36.1 Å². The molecule has 1 aliphatic carbocycles. The lowest BCUT2D eigenvalue weighted by molar-refractivity contribution is -0.385. The van der Waals surface area contributed by atoms with E-state index in [9.17, 15) is 28.1 Å². The Balaban J connectivity index is 1.80. The molecule has 0 aromatic heterocycles.